The van der Waals surface area contributed by atoms with Gasteiger partial charge in [0.15, 0.2) is 12.6 Å². The number of likely N-dealkylation sites (tertiary alicyclic amines) is 2. The van der Waals surface area contributed by atoms with E-state index in [9.17, 15) is 109 Å². The van der Waals surface area contributed by atoms with Gasteiger partial charge in [-0.3, -0.25) is 62.3 Å². The van der Waals surface area contributed by atoms with Crippen LogP contribution < -0.4 is 53.6 Å². The van der Waals surface area contributed by atoms with Crippen LogP contribution in [-0.2, 0) is 81.3 Å². The van der Waals surface area contributed by atoms with Gasteiger partial charge in [-0.05, 0) is 72.6 Å². The molecular formula is C59H98N12O27. The van der Waals surface area contributed by atoms with E-state index in [2.05, 4.69) is 47.9 Å². The highest BCUT2D eigenvalue weighted by atomic mass is 16.7. The highest BCUT2D eigenvalue weighted by Gasteiger charge is 2.54. The van der Waals surface area contributed by atoms with E-state index in [1.54, 1.807) is 13.8 Å². The molecule has 0 aliphatic carbocycles. The molecule has 21 N–H and O–H groups in total. The molecule has 0 aromatic rings. The predicted octanol–water partition coefficient (Wildman–Crippen LogP) is -10.4. The molecule has 4 aliphatic heterocycles. The molecule has 4 heterocycles. The summed E-state index contributed by atoms with van der Waals surface area (Å²) in [5.74, 6) is -14.4. The number of primary amides is 1. The number of hydrogen-bond acceptors (Lipinski definition) is 26. The van der Waals surface area contributed by atoms with Crippen molar-refractivity contribution in [2.45, 2.75) is 260 Å². The molecular weight excluding hydrogens is 1310 g/mol. The fraction of sp³-hybridized carbons (Fsp3) is 0.780. The number of aliphatic hydroxyl groups excluding tert-OH is 9. The normalized spacial score (nSPS) is 27.9. The molecule has 39 heteroatoms. The molecule has 12 amide bonds. The zero-order chi connectivity index (χ0) is 74.1. The predicted molar refractivity (Wildman–Crippen MR) is 331 cm³/mol. The van der Waals surface area contributed by atoms with Gasteiger partial charge in [0.25, 0.3) is 0 Å². The van der Waals surface area contributed by atoms with Crippen LogP contribution >= 0.6 is 0 Å². The average molecular weight is 1410 g/mol. The van der Waals surface area contributed by atoms with E-state index in [0.29, 0.717) is 0 Å². The fourth-order valence-corrected chi connectivity index (χ4v) is 11.7. The topological polar surface area (TPSA) is 602 Å². The third kappa shape index (κ3) is 22.0. The number of ether oxygens (including phenoxy) is 4. The number of hydrogen-bond donors (Lipinski definition) is 20. The second-order valence-corrected chi connectivity index (χ2v) is 25.0. The van der Waals surface area contributed by atoms with Gasteiger partial charge in [0.1, 0.15) is 103 Å². The minimum Gasteiger partial charge on any atom is -0.481 e. The van der Waals surface area contributed by atoms with Crippen molar-refractivity contribution in [1.82, 2.24) is 57.7 Å². The minimum absolute atomic E-state index is 0.0380. The molecule has 4 fully saturated rings. The van der Waals surface area contributed by atoms with Gasteiger partial charge < -0.3 is 133 Å². The minimum atomic E-state index is -2.21. The van der Waals surface area contributed by atoms with Crippen LogP contribution in [0.4, 0.5) is 0 Å². The summed E-state index contributed by atoms with van der Waals surface area (Å²) in [4.78, 5) is 177. The molecule has 0 aromatic heterocycles. The molecule has 25 atom stereocenters. The fourth-order valence-electron chi connectivity index (χ4n) is 11.7. The van der Waals surface area contributed by atoms with Crippen LogP contribution in [0, 0.1) is 5.92 Å². The van der Waals surface area contributed by atoms with Gasteiger partial charge in [-0.1, -0.05) is 20.3 Å². The van der Waals surface area contributed by atoms with Crippen LogP contribution in [0.2, 0.25) is 0 Å². The van der Waals surface area contributed by atoms with Crippen molar-refractivity contribution in [3.05, 3.63) is 0 Å². The molecule has 4 aliphatic rings. The van der Waals surface area contributed by atoms with Crippen molar-refractivity contribution in [3.8, 4) is 0 Å². The molecule has 39 nitrogen and oxygen atoms in total. The number of nitrogens with two attached hydrogens (primary N) is 1. The van der Waals surface area contributed by atoms with Crippen LogP contribution in [-0.4, -0.2) is 310 Å². The Morgan fingerprint density at radius 3 is 1.43 bits per heavy atom. The number of carboxylic acid groups (broad SMARTS) is 1. The number of carbonyl (C=O) groups is 13. The van der Waals surface area contributed by atoms with Gasteiger partial charge in [0.2, 0.25) is 70.9 Å². The largest absolute Gasteiger partial charge is 0.481 e. The summed E-state index contributed by atoms with van der Waals surface area (Å²) in [6, 6.07) is -18.9. The number of amides is 12. The van der Waals surface area contributed by atoms with E-state index < -0.39 is 249 Å². The molecule has 0 radical (unpaired) electrons. The summed E-state index contributed by atoms with van der Waals surface area (Å²) in [5.41, 5.74) is 5.31. The Labute approximate surface area is 563 Å². The second-order valence-electron chi connectivity index (χ2n) is 25.0. The smallest absolute Gasteiger partial charge is 0.303 e. The number of nitrogens with one attached hydrogen (secondary N) is 9. The zero-order valence-electron chi connectivity index (χ0n) is 56.1. The molecule has 4 saturated heterocycles. The molecule has 0 unspecified atom stereocenters. The standard InChI is InChI=1S/C59H98N12O27/c1-11-22(2)37(52(89)67-40(25(5)76)53(90)65-38(23(3)74)49(60)86)64-50(87)33-15-13-19-71(33)57(94)41(26(6)77)68-55(92)42(69-54(91)39(24(4)75)66-51(88)32-14-12-18-70(32)56(93)31(61-28(8)78)16-17-36(81)82)27(7)95-59-44(63-30(10)80)48(46(84)35(21-73)97-59)98-58-43(62-29(9)79)47(85)45(83)34(20-72)96-58/h22-27,31-35,37-48,58-59,72-77,83-85H,11-21H2,1-10H3,(H2,60,86)(H,61,78)(H,62,79)(H,63,80)(H,64,87)(H,65,90)(H,66,88)(H,67,89)(H,68,92)(H,69,91)(H,81,82)/t22-,23+,24+,25+,26+,27+,31-,32-,33-,34+,35+,37-,38-,39-,40-,41-,42-,43+,44+,45-,46-,47+,48+,58-,59-/m0/s1. The highest BCUT2D eigenvalue weighted by Crippen LogP contribution is 2.32. The quantitative estimate of drug-likeness (QED) is 0.0284. The SMILES string of the molecule is CC[C@H](C)[C@H](NC(=O)[C@@H]1CCCN1C(=O)[C@@H](NC(=O)[C@@H](NC(=O)[C@@H](NC(=O)[C@@H]1CCCN1C(=O)[C@H](CCC(=O)O)NC(C)=O)[C@@H](C)O)[C@@H](C)O[C@H]1O[C@H](CO)[C@H](O)[C@H](O[C@@H]2O[C@H](CO)[C@H](O)[C@H](O)[C@H]2NC(C)=O)[C@H]1NC(C)=O)[C@@H](C)O)C(=O)N[C@H](C(=O)N[C@H](C(N)=O)[C@@H](C)O)[C@@H](C)O. The molecule has 0 saturated carbocycles. The van der Waals surface area contributed by atoms with Crippen LogP contribution in [0.25, 0.3) is 0 Å². The Morgan fingerprint density at radius 1 is 0.531 bits per heavy atom. The van der Waals surface area contributed by atoms with E-state index in [-0.39, 0.29) is 51.6 Å². The molecule has 0 spiro atoms. The first kappa shape index (κ1) is 83.0. The summed E-state index contributed by atoms with van der Waals surface area (Å²) in [7, 11) is 0. The first-order valence-electron chi connectivity index (χ1n) is 32.2. The van der Waals surface area contributed by atoms with Crippen molar-refractivity contribution in [3.63, 3.8) is 0 Å². The number of aliphatic carboxylic acids is 1. The van der Waals surface area contributed by atoms with E-state index in [1.165, 1.54) is 0 Å². The van der Waals surface area contributed by atoms with E-state index >= 15 is 4.79 Å². The van der Waals surface area contributed by atoms with Gasteiger partial charge >= 0.3 is 5.97 Å². The van der Waals surface area contributed by atoms with Crippen molar-refractivity contribution < 1.29 is 132 Å². The lowest BCUT2D eigenvalue weighted by Crippen LogP contribution is -2.70. The summed E-state index contributed by atoms with van der Waals surface area (Å²) < 4.78 is 24.1. The Morgan fingerprint density at radius 2 is 0.959 bits per heavy atom. The number of carboxylic acids is 1. The maximum absolute atomic E-state index is 15.1. The molecule has 556 valence electrons. The first-order valence-corrected chi connectivity index (χ1v) is 32.2. The van der Waals surface area contributed by atoms with Gasteiger partial charge in [0.05, 0.1) is 43.7 Å². The Balaban J connectivity index is 1.77. The molecule has 4 rings (SSSR count). The highest BCUT2D eigenvalue weighted by molar-refractivity contribution is 5.99. The average Bonchev–Trinajstić information content (AvgIpc) is 0.960. The summed E-state index contributed by atoms with van der Waals surface area (Å²) in [6.07, 6.45) is -24.1. The summed E-state index contributed by atoms with van der Waals surface area (Å²) in [5, 5.41) is 128. The first-order chi connectivity index (χ1) is 45.8. The van der Waals surface area contributed by atoms with E-state index in [1.807, 2.05) is 0 Å². The van der Waals surface area contributed by atoms with Crippen LogP contribution in [0.5, 0.6) is 0 Å². The zero-order valence-corrected chi connectivity index (χ0v) is 56.1. The lowest BCUT2D eigenvalue weighted by atomic mass is 9.94. The monoisotopic (exact) mass is 1410 g/mol. The van der Waals surface area contributed by atoms with Gasteiger partial charge in [-0.25, -0.2) is 0 Å². The Bertz CT molecular complexity index is 2820. The van der Waals surface area contributed by atoms with Crippen molar-refractivity contribution in [2.75, 3.05) is 26.3 Å². The number of aliphatic hydroxyl groups is 9. The molecule has 0 bridgehead atoms. The molecule has 0 aromatic carbocycles. The maximum Gasteiger partial charge on any atom is 0.303 e. The summed E-state index contributed by atoms with van der Waals surface area (Å²) in [6.45, 7) is 9.59. The number of rotatable bonds is 34. The van der Waals surface area contributed by atoms with Crippen molar-refractivity contribution >= 4 is 76.9 Å². The number of carbonyl (C=O) groups excluding carboxylic acids is 12. The third-order valence-electron chi connectivity index (χ3n) is 17.2. The van der Waals surface area contributed by atoms with Crippen molar-refractivity contribution in [1.29, 1.82) is 0 Å². The number of nitrogens with zero attached hydrogens (tertiary/aromatic N) is 2. The molecule has 98 heavy (non-hydrogen) atoms. The third-order valence-corrected chi connectivity index (χ3v) is 17.2. The van der Waals surface area contributed by atoms with Gasteiger partial charge in [-0.2, -0.15) is 0 Å². The van der Waals surface area contributed by atoms with Gasteiger partial charge in [-0.15, -0.1) is 0 Å². The van der Waals surface area contributed by atoms with Crippen molar-refractivity contribution in [2.24, 2.45) is 11.7 Å². The Kier molecular flexibility index (Phi) is 31.9. The second kappa shape index (κ2) is 37.7. The lowest BCUT2D eigenvalue weighted by molar-refractivity contribution is -0.332. The lowest BCUT2D eigenvalue weighted by Gasteiger charge is -2.48. The summed E-state index contributed by atoms with van der Waals surface area (Å²) >= 11 is 0. The maximum atomic E-state index is 15.1. The van der Waals surface area contributed by atoms with Crippen LogP contribution in [0.15, 0.2) is 0 Å². The van der Waals surface area contributed by atoms with Gasteiger partial charge in [0, 0.05) is 40.3 Å². The Hall–Kier alpha value is -7.41. The van der Waals surface area contributed by atoms with E-state index in [0.717, 1.165) is 65.2 Å². The van der Waals surface area contributed by atoms with Crippen LogP contribution in [0.3, 0.4) is 0 Å². The van der Waals surface area contributed by atoms with Crippen LogP contribution in [0.1, 0.15) is 114 Å². The van der Waals surface area contributed by atoms with E-state index in [4.69, 9.17) is 24.7 Å².